The largest absolute Gasteiger partial charge is 0.496 e. The maximum Gasteiger partial charge on any atom is 0.124 e. The van der Waals surface area contributed by atoms with Crippen LogP contribution < -0.4 is 4.74 Å². The maximum absolute atomic E-state index is 9.78. The molecule has 1 rings (SSSR count). The lowest BCUT2D eigenvalue weighted by Crippen LogP contribution is -1.99. The monoisotopic (exact) mass is 256 g/mol. The van der Waals surface area contributed by atoms with Gasteiger partial charge in [0.1, 0.15) is 5.75 Å². The molecule has 0 saturated heterocycles. The molecular weight excluding hydrogens is 244 g/mol. The van der Waals surface area contributed by atoms with Crippen molar-refractivity contribution in [2.45, 2.75) is 12.5 Å². The normalized spacial score (nSPS) is 12.2. The molecule has 76 valence electrons. The standard InChI is InChI=1S/C11H13BrO2/c1-3-4-10(13)9-7-8(12)5-6-11(9)14-2/h3,5-7,10,13H,1,4H2,2H3. The van der Waals surface area contributed by atoms with Gasteiger partial charge in [0, 0.05) is 10.0 Å². The third-order valence-electron chi connectivity index (χ3n) is 1.94. The number of methoxy groups -OCH3 is 1. The molecule has 1 aromatic carbocycles. The first-order chi connectivity index (χ1) is 6.69. The molecule has 1 N–H and O–H groups in total. The first-order valence-electron chi connectivity index (χ1n) is 4.31. The Kier molecular flexibility index (Phi) is 4.17. The van der Waals surface area contributed by atoms with Crippen LogP contribution in [0.25, 0.3) is 0 Å². The Bertz CT molecular complexity index is 323. The number of ether oxygens (including phenoxy) is 1. The molecule has 0 fully saturated rings. The average Bonchev–Trinajstić information content (AvgIpc) is 2.18. The molecule has 0 saturated carbocycles. The minimum Gasteiger partial charge on any atom is -0.496 e. The van der Waals surface area contributed by atoms with Gasteiger partial charge in [0.15, 0.2) is 0 Å². The van der Waals surface area contributed by atoms with E-state index in [9.17, 15) is 5.11 Å². The summed E-state index contributed by atoms with van der Waals surface area (Å²) in [4.78, 5) is 0. The quantitative estimate of drug-likeness (QED) is 0.840. The molecule has 0 aliphatic heterocycles. The molecule has 14 heavy (non-hydrogen) atoms. The van der Waals surface area contributed by atoms with Crippen LogP contribution in [0.4, 0.5) is 0 Å². The summed E-state index contributed by atoms with van der Waals surface area (Å²) in [6.45, 7) is 3.59. The van der Waals surface area contributed by atoms with E-state index in [1.807, 2.05) is 18.2 Å². The SMILES string of the molecule is C=CCC(O)c1cc(Br)ccc1OC. The minimum absolute atomic E-state index is 0.521. The fourth-order valence-electron chi connectivity index (χ4n) is 1.25. The molecule has 0 aliphatic carbocycles. The van der Waals surface area contributed by atoms with Gasteiger partial charge in [-0.15, -0.1) is 6.58 Å². The van der Waals surface area contributed by atoms with Crippen molar-refractivity contribution in [3.05, 3.63) is 40.9 Å². The van der Waals surface area contributed by atoms with Crippen molar-refractivity contribution in [1.82, 2.24) is 0 Å². The number of hydrogen-bond donors (Lipinski definition) is 1. The van der Waals surface area contributed by atoms with E-state index in [1.54, 1.807) is 13.2 Å². The van der Waals surface area contributed by atoms with Crippen LogP contribution in [0.15, 0.2) is 35.3 Å². The highest BCUT2D eigenvalue weighted by Crippen LogP contribution is 2.30. The summed E-state index contributed by atoms with van der Waals surface area (Å²) in [6, 6.07) is 5.56. The highest BCUT2D eigenvalue weighted by molar-refractivity contribution is 9.10. The molecule has 0 bridgehead atoms. The molecule has 0 amide bonds. The van der Waals surface area contributed by atoms with Crippen LogP contribution in [0.3, 0.4) is 0 Å². The van der Waals surface area contributed by atoms with Crippen molar-refractivity contribution in [1.29, 1.82) is 0 Å². The molecule has 0 aromatic heterocycles. The first-order valence-corrected chi connectivity index (χ1v) is 5.10. The second-order valence-electron chi connectivity index (χ2n) is 2.93. The fraction of sp³-hybridized carbons (Fsp3) is 0.273. The van der Waals surface area contributed by atoms with Crippen molar-refractivity contribution in [2.75, 3.05) is 7.11 Å². The van der Waals surface area contributed by atoms with Crippen LogP contribution in [0.5, 0.6) is 5.75 Å². The Morgan fingerprint density at radius 3 is 2.93 bits per heavy atom. The lowest BCUT2D eigenvalue weighted by Gasteiger charge is -2.13. The van der Waals surface area contributed by atoms with Gasteiger partial charge in [0.05, 0.1) is 13.2 Å². The average molecular weight is 257 g/mol. The summed E-state index contributed by atoms with van der Waals surface area (Å²) in [6.07, 6.45) is 1.65. The molecule has 2 nitrogen and oxygen atoms in total. The number of halogens is 1. The van der Waals surface area contributed by atoms with Crippen molar-refractivity contribution < 1.29 is 9.84 Å². The minimum atomic E-state index is -0.556. The lowest BCUT2D eigenvalue weighted by atomic mass is 10.1. The van der Waals surface area contributed by atoms with Gasteiger partial charge in [-0.25, -0.2) is 0 Å². The topological polar surface area (TPSA) is 29.5 Å². The molecule has 0 radical (unpaired) electrons. The maximum atomic E-state index is 9.78. The third-order valence-corrected chi connectivity index (χ3v) is 2.43. The van der Waals surface area contributed by atoms with Crippen LogP contribution in [-0.4, -0.2) is 12.2 Å². The molecule has 3 heteroatoms. The molecule has 0 heterocycles. The Morgan fingerprint density at radius 1 is 1.64 bits per heavy atom. The number of aliphatic hydroxyl groups excluding tert-OH is 1. The van der Waals surface area contributed by atoms with E-state index in [-0.39, 0.29) is 0 Å². The summed E-state index contributed by atoms with van der Waals surface area (Å²) >= 11 is 3.35. The summed E-state index contributed by atoms with van der Waals surface area (Å²) < 4.78 is 6.08. The molecular formula is C11H13BrO2. The Labute approximate surface area is 92.3 Å². The highest BCUT2D eigenvalue weighted by atomic mass is 79.9. The predicted molar refractivity (Wildman–Crippen MR) is 60.5 cm³/mol. The fourth-order valence-corrected chi connectivity index (χ4v) is 1.63. The van der Waals surface area contributed by atoms with Gasteiger partial charge in [-0.3, -0.25) is 0 Å². The highest BCUT2D eigenvalue weighted by Gasteiger charge is 2.11. The van der Waals surface area contributed by atoms with E-state index < -0.39 is 6.10 Å². The van der Waals surface area contributed by atoms with E-state index in [1.165, 1.54) is 0 Å². The predicted octanol–water partition coefficient (Wildman–Crippen LogP) is 3.07. The van der Waals surface area contributed by atoms with E-state index in [0.29, 0.717) is 12.2 Å². The van der Waals surface area contributed by atoms with Crippen molar-refractivity contribution in [2.24, 2.45) is 0 Å². The smallest absolute Gasteiger partial charge is 0.124 e. The lowest BCUT2D eigenvalue weighted by molar-refractivity contribution is 0.177. The zero-order valence-corrected chi connectivity index (χ0v) is 9.62. The second-order valence-corrected chi connectivity index (χ2v) is 3.84. The Morgan fingerprint density at radius 2 is 2.36 bits per heavy atom. The molecule has 1 atom stereocenters. The summed E-state index contributed by atoms with van der Waals surface area (Å²) in [5, 5.41) is 9.78. The zero-order chi connectivity index (χ0) is 10.6. The van der Waals surface area contributed by atoms with Crippen molar-refractivity contribution in [3.63, 3.8) is 0 Å². The Balaban J connectivity index is 3.02. The van der Waals surface area contributed by atoms with Crippen LogP contribution in [0, 0.1) is 0 Å². The molecule has 0 spiro atoms. The third kappa shape index (κ3) is 2.59. The van der Waals surface area contributed by atoms with Crippen LogP contribution in [-0.2, 0) is 0 Å². The summed E-state index contributed by atoms with van der Waals surface area (Å²) in [7, 11) is 1.59. The van der Waals surface area contributed by atoms with Crippen molar-refractivity contribution >= 4 is 15.9 Å². The van der Waals surface area contributed by atoms with E-state index >= 15 is 0 Å². The van der Waals surface area contributed by atoms with Crippen molar-refractivity contribution in [3.8, 4) is 5.75 Å². The second kappa shape index (κ2) is 5.17. The zero-order valence-electron chi connectivity index (χ0n) is 8.03. The van der Waals surface area contributed by atoms with Gasteiger partial charge in [-0.05, 0) is 24.6 Å². The molecule has 1 aromatic rings. The van der Waals surface area contributed by atoms with Gasteiger partial charge >= 0.3 is 0 Å². The van der Waals surface area contributed by atoms with Crippen LogP contribution >= 0.6 is 15.9 Å². The Hall–Kier alpha value is -0.800. The van der Waals surface area contributed by atoms with Gasteiger partial charge < -0.3 is 9.84 Å². The van der Waals surface area contributed by atoms with Crippen LogP contribution in [0.1, 0.15) is 18.1 Å². The van der Waals surface area contributed by atoms with Gasteiger partial charge in [0.25, 0.3) is 0 Å². The molecule has 0 aliphatic rings. The summed E-state index contributed by atoms with van der Waals surface area (Å²) in [5.74, 6) is 0.697. The van der Waals surface area contributed by atoms with Gasteiger partial charge in [-0.1, -0.05) is 22.0 Å². The summed E-state index contributed by atoms with van der Waals surface area (Å²) in [5.41, 5.74) is 0.779. The van der Waals surface area contributed by atoms with E-state index in [0.717, 1.165) is 10.0 Å². The van der Waals surface area contributed by atoms with Gasteiger partial charge in [-0.2, -0.15) is 0 Å². The number of aliphatic hydroxyl groups is 1. The number of rotatable bonds is 4. The number of hydrogen-bond acceptors (Lipinski definition) is 2. The van der Waals surface area contributed by atoms with Crippen LogP contribution in [0.2, 0.25) is 0 Å². The van der Waals surface area contributed by atoms with Gasteiger partial charge in [0.2, 0.25) is 0 Å². The van der Waals surface area contributed by atoms with E-state index in [2.05, 4.69) is 22.5 Å². The number of benzene rings is 1. The first kappa shape index (κ1) is 11.3. The molecule has 1 unspecified atom stereocenters. The van der Waals surface area contributed by atoms with E-state index in [4.69, 9.17) is 4.74 Å².